The van der Waals surface area contributed by atoms with Crippen molar-refractivity contribution in [3.05, 3.63) is 65.2 Å². The number of hydrogen-bond donors (Lipinski definition) is 1. The fourth-order valence-electron chi connectivity index (χ4n) is 2.87. The van der Waals surface area contributed by atoms with Gasteiger partial charge >= 0.3 is 12.6 Å². The summed E-state index contributed by atoms with van der Waals surface area (Å²) in [5.74, 6) is 6.70. The largest absolute Gasteiger partial charge is 0.465 e. The molecule has 12 heteroatoms. The van der Waals surface area contributed by atoms with Crippen LogP contribution in [-0.4, -0.2) is 39.5 Å². The standard InChI is InChI=1S/C21H17F2N5O3S2/c1-30-19(29)14-4-2-13(3-5-14)18-25-15(10-32-18)11-33-21-27-26-17(28(21)24)12-6-8-16(9-7-12)31-20(22)23/h2-10,20H,11,24H2,1H3. The van der Waals surface area contributed by atoms with Crippen molar-refractivity contribution >= 4 is 29.1 Å². The predicted molar refractivity (Wildman–Crippen MR) is 121 cm³/mol. The van der Waals surface area contributed by atoms with Crippen molar-refractivity contribution in [2.45, 2.75) is 17.5 Å². The van der Waals surface area contributed by atoms with Crippen LogP contribution in [0.15, 0.2) is 59.1 Å². The third-order valence-electron chi connectivity index (χ3n) is 4.46. The van der Waals surface area contributed by atoms with Gasteiger partial charge < -0.3 is 15.3 Å². The molecule has 0 amide bonds. The molecular formula is C21H17F2N5O3S2. The van der Waals surface area contributed by atoms with Gasteiger partial charge in [-0.25, -0.2) is 14.5 Å². The summed E-state index contributed by atoms with van der Waals surface area (Å²) in [6.07, 6.45) is 0. The predicted octanol–water partition coefficient (Wildman–Crippen LogP) is 4.46. The number of thioether (sulfide) groups is 1. The van der Waals surface area contributed by atoms with Gasteiger partial charge in [-0.1, -0.05) is 23.9 Å². The maximum atomic E-state index is 12.3. The molecule has 0 bridgehead atoms. The van der Waals surface area contributed by atoms with Gasteiger partial charge in [-0.15, -0.1) is 21.5 Å². The summed E-state index contributed by atoms with van der Waals surface area (Å²) in [6, 6.07) is 13.0. The number of carbonyl (C=O) groups excluding carboxylic acids is 1. The number of nitrogens with two attached hydrogens (primary N) is 1. The van der Waals surface area contributed by atoms with Gasteiger partial charge in [-0.2, -0.15) is 8.78 Å². The Labute approximate surface area is 195 Å². The van der Waals surface area contributed by atoms with Crippen LogP contribution >= 0.6 is 23.1 Å². The first-order chi connectivity index (χ1) is 15.9. The van der Waals surface area contributed by atoms with Gasteiger partial charge in [-0.3, -0.25) is 0 Å². The fraction of sp³-hybridized carbons (Fsp3) is 0.143. The summed E-state index contributed by atoms with van der Waals surface area (Å²) >= 11 is 2.86. The minimum atomic E-state index is -2.89. The van der Waals surface area contributed by atoms with Crippen molar-refractivity contribution in [3.8, 4) is 27.7 Å². The van der Waals surface area contributed by atoms with Crippen LogP contribution in [-0.2, 0) is 10.5 Å². The Bertz CT molecular complexity index is 1240. The van der Waals surface area contributed by atoms with Gasteiger partial charge in [0, 0.05) is 22.3 Å². The molecule has 0 aliphatic rings. The highest BCUT2D eigenvalue weighted by Gasteiger charge is 2.14. The number of rotatable bonds is 8. The fourth-order valence-corrected chi connectivity index (χ4v) is 4.55. The van der Waals surface area contributed by atoms with E-state index in [4.69, 9.17) is 10.6 Å². The van der Waals surface area contributed by atoms with Crippen LogP contribution in [0.5, 0.6) is 5.75 Å². The molecule has 0 saturated heterocycles. The van der Waals surface area contributed by atoms with Crippen LogP contribution in [0.2, 0.25) is 0 Å². The van der Waals surface area contributed by atoms with Gasteiger partial charge in [0.25, 0.3) is 0 Å². The van der Waals surface area contributed by atoms with Gasteiger partial charge in [0.15, 0.2) is 5.82 Å². The molecule has 2 aromatic carbocycles. The number of hydrogen-bond acceptors (Lipinski definition) is 9. The van der Waals surface area contributed by atoms with E-state index in [0.29, 0.717) is 27.9 Å². The Morgan fingerprint density at radius 2 is 1.82 bits per heavy atom. The number of nitrogen functional groups attached to an aromatic ring is 1. The average Bonchev–Trinajstić information content (AvgIpc) is 3.44. The lowest BCUT2D eigenvalue weighted by Gasteiger charge is -2.06. The first-order valence-electron chi connectivity index (χ1n) is 9.46. The Balaban J connectivity index is 1.41. The lowest BCUT2D eigenvalue weighted by atomic mass is 10.1. The van der Waals surface area contributed by atoms with E-state index in [2.05, 4.69) is 19.9 Å². The molecule has 4 rings (SSSR count). The van der Waals surface area contributed by atoms with E-state index in [1.54, 1.807) is 24.3 Å². The van der Waals surface area contributed by atoms with E-state index >= 15 is 0 Å². The van der Waals surface area contributed by atoms with Crippen LogP contribution in [0.25, 0.3) is 22.0 Å². The summed E-state index contributed by atoms with van der Waals surface area (Å²) in [7, 11) is 1.34. The second-order valence-electron chi connectivity index (χ2n) is 6.58. The molecule has 4 aromatic rings. The monoisotopic (exact) mass is 489 g/mol. The highest BCUT2D eigenvalue weighted by atomic mass is 32.2. The second-order valence-corrected chi connectivity index (χ2v) is 8.38. The van der Waals surface area contributed by atoms with Crippen molar-refractivity contribution in [1.29, 1.82) is 0 Å². The van der Waals surface area contributed by atoms with Crippen molar-refractivity contribution in [3.63, 3.8) is 0 Å². The number of thiazole rings is 1. The number of aromatic nitrogens is 4. The maximum Gasteiger partial charge on any atom is 0.387 e. The molecule has 0 aliphatic carbocycles. The molecule has 0 atom stereocenters. The summed E-state index contributed by atoms with van der Waals surface area (Å²) in [4.78, 5) is 16.2. The molecule has 170 valence electrons. The molecule has 8 nitrogen and oxygen atoms in total. The summed E-state index contributed by atoms with van der Waals surface area (Å²) < 4.78 is 35.0. The number of alkyl halides is 2. The molecule has 2 heterocycles. The highest BCUT2D eigenvalue weighted by Crippen LogP contribution is 2.29. The zero-order valence-electron chi connectivity index (χ0n) is 17.1. The zero-order valence-corrected chi connectivity index (χ0v) is 18.8. The van der Waals surface area contributed by atoms with Crippen LogP contribution in [0.3, 0.4) is 0 Å². The van der Waals surface area contributed by atoms with Gasteiger partial charge in [0.2, 0.25) is 5.16 Å². The molecule has 0 aliphatic heterocycles. The number of esters is 1. The van der Waals surface area contributed by atoms with Crippen LogP contribution < -0.4 is 10.6 Å². The maximum absolute atomic E-state index is 12.3. The number of ether oxygens (including phenoxy) is 2. The summed E-state index contributed by atoms with van der Waals surface area (Å²) in [6.45, 7) is -2.89. The molecule has 2 N–H and O–H groups in total. The zero-order chi connectivity index (χ0) is 23.4. The lowest BCUT2D eigenvalue weighted by molar-refractivity contribution is -0.0498. The van der Waals surface area contributed by atoms with E-state index in [0.717, 1.165) is 16.3 Å². The molecule has 2 aromatic heterocycles. The molecule has 0 unspecified atom stereocenters. The van der Waals surface area contributed by atoms with E-state index < -0.39 is 6.61 Å². The smallest absolute Gasteiger partial charge is 0.387 e. The number of nitrogens with zero attached hydrogens (tertiary/aromatic N) is 4. The molecular weight excluding hydrogens is 472 g/mol. The lowest BCUT2D eigenvalue weighted by Crippen LogP contribution is -2.11. The molecule has 33 heavy (non-hydrogen) atoms. The quantitative estimate of drug-likeness (QED) is 0.220. The third-order valence-corrected chi connectivity index (χ3v) is 6.37. The molecule has 0 saturated carbocycles. The minimum absolute atomic E-state index is 0.0470. The average molecular weight is 490 g/mol. The molecule has 0 spiro atoms. The second kappa shape index (κ2) is 9.96. The van der Waals surface area contributed by atoms with Gasteiger partial charge in [0.1, 0.15) is 10.8 Å². The van der Waals surface area contributed by atoms with Crippen LogP contribution in [0.4, 0.5) is 8.78 Å². The van der Waals surface area contributed by atoms with E-state index in [1.165, 1.54) is 47.0 Å². The van der Waals surface area contributed by atoms with E-state index in [1.807, 2.05) is 17.5 Å². The Morgan fingerprint density at radius 3 is 2.48 bits per heavy atom. The Kier molecular flexibility index (Phi) is 6.84. The third kappa shape index (κ3) is 5.29. The highest BCUT2D eigenvalue weighted by molar-refractivity contribution is 7.98. The van der Waals surface area contributed by atoms with Crippen molar-refractivity contribution in [2.24, 2.45) is 0 Å². The van der Waals surface area contributed by atoms with Crippen molar-refractivity contribution < 1.29 is 23.0 Å². The first-order valence-corrected chi connectivity index (χ1v) is 11.3. The van der Waals surface area contributed by atoms with Crippen molar-refractivity contribution in [1.82, 2.24) is 19.9 Å². The number of benzene rings is 2. The Hall–Kier alpha value is -3.51. The first kappa shape index (κ1) is 22.7. The SMILES string of the molecule is COC(=O)c1ccc(-c2nc(CSc3nnc(-c4ccc(OC(F)F)cc4)n3N)cs2)cc1. The van der Waals surface area contributed by atoms with Crippen LogP contribution in [0.1, 0.15) is 16.1 Å². The van der Waals surface area contributed by atoms with Gasteiger partial charge in [0.05, 0.1) is 18.4 Å². The summed E-state index contributed by atoms with van der Waals surface area (Å²) in [5, 5.41) is 11.4. The summed E-state index contributed by atoms with van der Waals surface area (Å²) in [5.41, 5.74) is 2.83. The van der Waals surface area contributed by atoms with Gasteiger partial charge in [-0.05, 0) is 36.4 Å². The molecule has 0 radical (unpaired) electrons. The number of halogens is 2. The number of carbonyl (C=O) groups is 1. The van der Waals surface area contributed by atoms with E-state index in [9.17, 15) is 13.6 Å². The van der Waals surface area contributed by atoms with Crippen molar-refractivity contribution in [2.75, 3.05) is 13.0 Å². The normalized spacial score (nSPS) is 11.0. The van der Waals surface area contributed by atoms with Crippen LogP contribution in [0, 0.1) is 0 Å². The topological polar surface area (TPSA) is 105 Å². The number of methoxy groups -OCH3 is 1. The Morgan fingerprint density at radius 1 is 1.12 bits per heavy atom. The minimum Gasteiger partial charge on any atom is -0.465 e. The molecule has 0 fully saturated rings. The van der Waals surface area contributed by atoms with E-state index in [-0.39, 0.29) is 11.7 Å².